The van der Waals surface area contributed by atoms with Crippen molar-refractivity contribution >= 4 is 23.5 Å². The van der Waals surface area contributed by atoms with E-state index in [2.05, 4.69) is 27.2 Å². The first-order valence-electron chi connectivity index (χ1n) is 5.43. The molecule has 1 aromatic rings. The third-order valence-corrected chi connectivity index (χ3v) is 2.80. The van der Waals surface area contributed by atoms with Gasteiger partial charge in [-0.2, -0.15) is 15.0 Å². The standard InChI is InChI=1S/C10H16ClN5O/c1-10(4-5-17-6-10)15-8-12-7(11)13-9(14-8)16(2)3/h4-6H2,1-3H3,(H,12,13,14,15). The first kappa shape index (κ1) is 12.3. The molecule has 1 saturated heterocycles. The first-order valence-corrected chi connectivity index (χ1v) is 5.81. The summed E-state index contributed by atoms with van der Waals surface area (Å²) in [5.74, 6) is 1.02. The fourth-order valence-corrected chi connectivity index (χ4v) is 1.79. The normalized spacial score (nSPS) is 23.8. The van der Waals surface area contributed by atoms with Gasteiger partial charge in [-0.15, -0.1) is 0 Å². The van der Waals surface area contributed by atoms with Gasteiger partial charge in [-0.05, 0) is 24.9 Å². The number of nitrogens with one attached hydrogen (secondary N) is 1. The van der Waals surface area contributed by atoms with Crippen molar-refractivity contribution in [2.45, 2.75) is 18.9 Å². The van der Waals surface area contributed by atoms with Gasteiger partial charge in [0.1, 0.15) is 0 Å². The van der Waals surface area contributed by atoms with Gasteiger partial charge in [0.2, 0.25) is 17.2 Å². The molecule has 1 aromatic heterocycles. The van der Waals surface area contributed by atoms with Crippen LogP contribution in [-0.2, 0) is 4.74 Å². The molecule has 1 fully saturated rings. The topological polar surface area (TPSA) is 63.2 Å². The van der Waals surface area contributed by atoms with Crippen LogP contribution >= 0.6 is 11.6 Å². The van der Waals surface area contributed by atoms with Crippen molar-refractivity contribution in [2.75, 3.05) is 37.5 Å². The van der Waals surface area contributed by atoms with Gasteiger partial charge < -0.3 is 15.0 Å². The molecular weight excluding hydrogens is 242 g/mol. The van der Waals surface area contributed by atoms with E-state index in [0.29, 0.717) is 18.5 Å². The number of anilines is 2. The highest BCUT2D eigenvalue weighted by atomic mass is 35.5. The third-order valence-electron chi connectivity index (χ3n) is 2.63. The average Bonchev–Trinajstić information content (AvgIpc) is 2.63. The quantitative estimate of drug-likeness (QED) is 0.877. The van der Waals surface area contributed by atoms with Gasteiger partial charge in [0, 0.05) is 20.7 Å². The maximum absolute atomic E-state index is 5.86. The molecule has 1 aliphatic rings. The Balaban J connectivity index is 2.20. The fraction of sp³-hybridized carbons (Fsp3) is 0.700. The number of nitrogens with zero attached hydrogens (tertiary/aromatic N) is 4. The molecule has 94 valence electrons. The summed E-state index contributed by atoms with van der Waals surface area (Å²) in [6.45, 7) is 3.48. The molecule has 0 aromatic carbocycles. The molecule has 0 bridgehead atoms. The summed E-state index contributed by atoms with van der Waals surface area (Å²) in [5.41, 5.74) is -0.131. The number of rotatable bonds is 3. The van der Waals surface area contributed by atoms with Crippen LogP contribution in [0.4, 0.5) is 11.9 Å². The molecule has 0 spiro atoms. The van der Waals surface area contributed by atoms with E-state index in [1.165, 1.54) is 0 Å². The Morgan fingerprint density at radius 3 is 2.71 bits per heavy atom. The second-order valence-corrected chi connectivity index (χ2v) is 4.95. The van der Waals surface area contributed by atoms with Crippen LogP contribution in [0.2, 0.25) is 5.28 Å². The second-order valence-electron chi connectivity index (χ2n) is 4.61. The SMILES string of the molecule is CN(C)c1nc(Cl)nc(NC2(C)CCOC2)n1. The predicted octanol–water partition coefficient (Wildman–Crippen LogP) is 1.18. The zero-order valence-electron chi connectivity index (χ0n) is 10.2. The summed E-state index contributed by atoms with van der Waals surface area (Å²) < 4.78 is 5.36. The number of hydrogen-bond acceptors (Lipinski definition) is 6. The number of hydrogen-bond donors (Lipinski definition) is 1. The molecule has 0 amide bonds. The van der Waals surface area contributed by atoms with Crippen molar-refractivity contribution in [1.29, 1.82) is 0 Å². The van der Waals surface area contributed by atoms with E-state index in [0.717, 1.165) is 13.0 Å². The monoisotopic (exact) mass is 257 g/mol. The summed E-state index contributed by atoms with van der Waals surface area (Å²) in [6, 6.07) is 0. The summed E-state index contributed by atoms with van der Waals surface area (Å²) in [7, 11) is 3.71. The first-order chi connectivity index (χ1) is 7.98. The van der Waals surface area contributed by atoms with E-state index >= 15 is 0 Å². The highest BCUT2D eigenvalue weighted by Crippen LogP contribution is 2.23. The largest absolute Gasteiger partial charge is 0.379 e. The van der Waals surface area contributed by atoms with Crippen molar-refractivity contribution in [3.63, 3.8) is 0 Å². The molecule has 1 N–H and O–H groups in total. The van der Waals surface area contributed by atoms with Crippen molar-refractivity contribution in [2.24, 2.45) is 0 Å². The van der Waals surface area contributed by atoms with Crippen LogP contribution in [0.1, 0.15) is 13.3 Å². The van der Waals surface area contributed by atoms with Crippen molar-refractivity contribution in [3.8, 4) is 0 Å². The summed E-state index contributed by atoms with van der Waals surface area (Å²) in [4.78, 5) is 14.2. The molecule has 6 nitrogen and oxygen atoms in total. The Morgan fingerprint density at radius 1 is 1.35 bits per heavy atom. The van der Waals surface area contributed by atoms with E-state index < -0.39 is 0 Å². The smallest absolute Gasteiger partial charge is 0.230 e. The molecule has 0 radical (unpaired) electrons. The van der Waals surface area contributed by atoms with E-state index in [9.17, 15) is 0 Å². The molecule has 1 unspecified atom stereocenters. The van der Waals surface area contributed by atoms with Crippen LogP contribution in [0.3, 0.4) is 0 Å². The number of aromatic nitrogens is 3. The Labute approximate surface area is 105 Å². The lowest BCUT2D eigenvalue weighted by Gasteiger charge is -2.23. The maximum Gasteiger partial charge on any atom is 0.230 e. The molecule has 17 heavy (non-hydrogen) atoms. The van der Waals surface area contributed by atoms with Gasteiger partial charge in [0.05, 0.1) is 12.1 Å². The van der Waals surface area contributed by atoms with Gasteiger partial charge in [-0.1, -0.05) is 0 Å². The van der Waals surface area contributed by atoms with Crippen molar-refractivity contribution in [1.82, 2.24) is 15.0 Å². The fourth-order valence-electron chi connectivity index (χ4n) is 1.63. The highest BCUT2D eigenvalue weighted by Gasteiger charge is 2.30. The molecule has 2 heterocycles. The lowest BCUT2D eigenvalue weighted by molar-refractivity contribution is 0.185. The van der Waals surface area contributed by atoms with Gasteiger partial charge in [0.15, 0.2) is 0 Å². The Bertz CT molecular complexity index is 406. The minimum atomic E-state index is -0.131. The zero-order chi connectivity index (χ0) is 12.5. The van der Waals surface area contributed by atoms with E-state index in [1.807, 2.05) is 14.1 Å². The second kappa shape index (κ2) is 4.62. The van der Waals surface area contributed by atoms with Crippen LogP contribution in [0, 0.1) is 0 Å². The van der Waals surface area contributed by atoms with Crippen LogP contribution in [0.15, 0.2) is 0 Å². The van der Waals surface area contributed by atoms with Gasteiger partial charge >= 0.3 is 0 Å². The maximum atomic E-state index is 5.86. The van der Waals surface area contributed by atoms with Crippen LogP contribution in [-0.4, -0.2) is 47.8 Å². The summed E-state index contributed by atoms with van der Waals surface area (Å²) in [6.07, 6.45) is 0.924. The van der Waals surface area contributed by atoms with Crippen LogP contribution in [0.25, 0.3) is 0 Å². The Kier molecular flexibility index (Phi) is 3.35. The lowest BCUT2D eigenvalue weighted by atomic mass is 10.0. The average molecular weight is 258 g/mol. The predicted molar refractivity (Wildman–Crippen MR) is 66.6 cm³/mol. The summed E-state index contributed by atoms with van der Waals surface area (Å²) >= 11 is 5.86. The molecular formula is C10H16ClN5O. The van der Waals surface area contributed by atoms with Gasteiger partial charge in [-0.3, -0.25) is 0 Å². The highest BCUT2D eigenvalue weighted by molar-refractivity contribution is 6.28. The minimum absolute atomic E-state index is 0.131. The zero-order valence-corrected chi connectivity index (χ0v) is 11.0. The Morgan fingerprint density at radius 2 is 2.12 bits per heavy atom. The van der Waals surface area contributed by atoms with E-state index in [1.54, 1.807) is 4.90 Å². The van der Waals surface area contributed by atoms with E-state index in [-0.39, 0.29) is 10.8 Å². The number of halogens is 1. The Hall–Kier alpha value is -1.14. The van der Waals surface area contributed by atoms with Crippen molar-refractivity contribution < 1.29 is 4.74 Å². The molecule has 0 saturated carbocycles. The van der Waals surface area contributed by atoms with Gasteiger partial charge in [-0.25, -0.2) is 0 Å². The molecule has 7 heteroatoms. The van der Waals surface area contributed by atoms with Gasteiger partial charge in [0.25, 0.3) is 0 Å². The molecule has 2 rings (SSSR count). The number of ether oxygens (including phenoxy) is 1. The van der Waals surface area contributed by atoms with Crippen LogP contribution in [0.5, 0.6) is 0 Å². The third kappa shape index (κ3) is 2.95. The minimum Gasteiger partial charge on any atom is -0.379 e. The van der Waals surface area contributed by atoms with Crippen LogP contribution < -0.4 is 10.2 Å². The van der Waals surface area contributed by atoms with Crippen molar-refractivity contribution in [3.05, 3.63) is 5.28 Å². The summed E-state index contributed by atoms with van der Waals surface area (Å²) in [5, 5.41) is 3.44. The molecule has 0 aliphatic carbocycles. The van der Waals surface area contributed by atoms with E-state index in [4.69, 9.17) is 16.3 Å². The molecule has 1 aliphatic heterocycles. The lowest BCUT2D eigenvalue weighted by Crippen LogP contribution is -2.36. The molecule has 1 atom stereocenters.